The molecule has 3 aliphatic carbocycles. The van der Waals surface area contributed by atoms with Crippen LogP contribution in [0.3, 0.4) is 0 Å². The van der Waals surface area contributed by atoms with E-state index in [0.29, 0.717) is 18.8 Å². The van der Waals surface area contributed by atoms with E-state index in [4.69, 9.17) is 18.9 Å². The van der Waals surface area contributed by atoms with Gasteiger partial charge in [0.2, 0.25) is 0 Å². The molecule has 0 spiro atoms. The topological polar surface area (TPSA) is 57.2 Å². The van der Waals surface area contributed by atoms with E-state index >= 15 is 0 Å². The largest absolute Gasteiger partial charge is 0.389 e. The Balaban J connectivity index is 1.40. The van der Waals surface area contributed by atoms with Gasteiger partial charge >= 0.3 is 0 Å². The van der Waals surface area contributed by atoms with Gasteiger partial charge in [0.1, 0.15) is 11.9 Å². The maximum absolute atomic E-state index is 14.4. The molecule has 2 aliphatic heterocycles. The molecule has 6 heteroatoms. The zero-order valence-electron chi connectivity index (χ0n) is 23.0. The molecular weight excluding hydrogens is 483 g/mol. The standard InChI is InChI=1S/C32H45FO5/c1-2-3-6-14-32(15-9-16-32)29(38-31-11-5-8-18-36-31)13-12-25-26-20-24(27(33)22-34)19-23(26)21-28(25)37-30-10-4-7-17-35-30/h23,25-26,28-31,34H,2,4-5,7-11,14-22H2,1H3/b27-24-/t23-,25+,26-,28+,29+,30?,31?/m0/s1. The molecule has 2 saturated heterocycles. The zero-order chi connectivity index (χ0) is 26.4. The number of fused-ring (bicyclic) bond motifs is 1. The summed E-state index contributed by atoms with van der Waals surface area (Å²) < 4.78 is 39.4. The Morgan fingerprint density at radius 1 is 1.05 bits per heavy atom. The summed E-state index contributed by atoms with van der Waals surface area (Å²) in [4.78, 5) is 0. The van der Waals surface area contributed by atoms with Crippen LogP contribution in [-0.2, 0) is 18.9 Å². The molecule has 210 valence electrons. The fraction of sp³-hybridized carbons (Fsp3) is 0.812. The number of rotatable bonds is 7. The molecule has 38 heavy (non-hydrogen) atoms. The highest BCUT2D eigenvalue weighted by atomic mass is 19.1. The number of hydrogen-bond donors (Lipinski definition) is 1. The Morgan fingerprint density at radius 3 is 2.45 bits per heavy atom. The molecule has 5 nitrogen and oxygen atoms in total. The molecule has 2 unspecified atom stereocenters. The number of hydrogen-bond acceptors (Lipinski definition) is 5. The molecule has 7 atom stereocenters. The van der Waals surface area contributed by atoms with Crippen LogP contribution in [0.15, 0.2) is 11.4 Å². The van der Waals surface area contributed by atoms with Crippen LogP contribution < -0.4 is 0 Å². The van der Waals surface area contributed by atoms with Crippen molar-refractivity contribution in [1.82, 2.24) is 0 Å². The molecule has 5 fully saturated rings. The Morgan fingerprint density at radius 2 is 1.82 bits per heavy atom. The monoisotopic (exact) mass is 528 g/mol. The van der Waals surface area contributed by atoms with Gasteiger partial charge in [-0.15, -0.1) is 11.8 Å². The average molecular weight is 529 g/mol. The number of halogens is 1. The van der Waals surface area contributed by atoms with Crippen LogP contribution in [0, 0.1) is 46.9 Å². The van der Waals surface area contributed by atoms with Gasteiger partial charge in [-0.1, -0.05) is 25.2 Å². The molecule has 0 radical (unpaired) electrons. The highest BCUT2D eigenvalue weighted by Gasteiger charge is 2.49. The summed E-state index contributed by atoms with van der Waals surface area (Å²) in [5, 5.41) is 9.39. The van der Waals surface area contributed by atoms with Crippen molar-refractivity contribution in [2.45, 2.75) is 122 Å². The van der Waals surface area contributed by atoms with Crippen molar-refractivity contribution in [3.63, 3.8) is 0 Å². The van der Waals surface area contributed by atoms with Crippen molar-refractivity contribution in [1.29, 1.82) is 0 Å². The Bertz CT molecular complexity index is 938. The second kappa shape index (κ2) is 13.3. The van der Waals surface area contributed by atoms with Gasteiger partial charge in [0, 0.05) is 31.5 Å². The van der Waals surface area contributed by atoms with E-state index in [1.165, 1.54) is 6.42 Å². The van der Waals surface area contributed by atoms with E-state index in [9.17, 15) is 9.50 Å². The Kier molecular flexibility index (Phi) is 9.84. The van der Waals surface area contributed by atoms with Crippen LogP contribution in [-0.4, -0.2) is 49.7 Å². The maximum Gasteiger partial charge on any atom is 0.159 e. The van der Waals surface area contributed by atoms with Crippen LogP contribution in [0.25, 0.3) is 0 Å². The van der Waals surface area contributed by atoms with Crippen LogP contribution in [0.2, 0.25) is 0 Å². The summed E-state index contributed by atoms with van der Waals surface area (Å²) in [6, 6.07) is 0. The van der Waals surface area contributed by atoms with Gasteiger partial charge in [0.15, 0.2) is 12.6 Å². The lowest BCUT2D eigenvalue weighted by molar-refractivity contribution is -0.206. The number of ether oxygens (including phenoxy) is 4. The highest BCUT2D eigenvalue weighted by Crippen LogP contribution is 2.52. The Labute approximate surface area is 228 Å². The third kappa shape index (κ3) is 6.48. The number of allylic oxidation sites excluding steroid dienone is 1. The minimum Gasteiger partial charge on any atom is -0.389 e. The molecule has 0 aromatic carbocycles. The molecule has 3 saturated carbocycles. The second-order valence-electron chi connectivity index (χ2n) is 11.9. The first-order valence-corrected chi connectivity index (χ1v) is 15.1. The fourth-order valence-electron chi connectivity index (χ4n) is 7.09. The number of aliphatic hydroxyl groups is 1. The quantitative estimate of drug-likeness (QED) is 0.408. The SMILES string of the molecule is CCC#CCC1([C@@H](C#C[C@@H]2[C@H]3C/C(=C(\F)CO)C[C@H]3C[C@H]2OC2CCCCO2)OC2CCCCO2)CCC1. The normalized spacial score (nSPS) is 36.2. The predicted molar refractivity (Wildman–Crippen MR) is 143 cm³/mol. The first-order valence-electron chi connectivity index (χ1n) is 15.1. The van der Waals surface area contributed by atoms with Gasteiger partial charge in [0.25, 0.3) is 0 Å². The van der Waals surface area contributed by atoms with E-state index in [2.05, 4.69) is 30.6 Å². The van der Waals surface area contributed by atoms with Gasteiger partial charge in [-0.3, -0.25) is 0 Å². The maximum atomic E-state index is 14.4. The summed E-state index contributed by atoms with van der Waals surface area (Å²) in [5.74, 6) is 14.1. The summed E-state index contributed by atoms with van der Waals surface area (Å²) >= 11 is 0. The fourth-order valence-corrected chi connectivity index (χ4v) is 7.09. The van der Waals surface area contributed by atoms with E-state index in [0.717, 1.165) is 89.4 Å². The smallest absolute Gasteiger partial charge is 0.159 e. The van der Waals surface area contributed by atoms with Crippen molar-refractivity contribution >= 4 is 0 Å². The summed E-state index contributed by atoms with van der Waals surface area (Å²) in [6.07, 6.45) is 12.7. The molecule has 0 amide bonds. The molecule has 0 aromatic heterocycles. The number of aliphatic hydroxyl groups excluding tert-OH is 1. The third-order valence-electron chi connectivity index (χ3n) is 9.43. The van der Waals surface area contributed by atoms with Gasteiger partial charge in [0.05, 0.1) is 18.6 Å². The van der Waals surface area contributed by atoms with E-state index in [1.54, 1.807) is 0 Å². The molecule has 1 N–H and O–H groups in total. The zero-order valence-corrected chi connectivity index (χ0v) is 23.0. The highest BCUT2D eigenvalue weighted by molar-refractivity contribution is 5.25. The van der Waals surface area contributed by atoms with Crippen molar-refractivity contribution < 1.29 is 28.4 Å². The van der Waals surface area contributed by atoms with Gasteiger partial charge < -0.3 is 24.1 Å². The molecule has 5 rings (SSSR count). The lowest BCUT2D eigenvalue weighted by Gasteiger charge is -2.45. The second-order valence-corrected chi connectivity index (χ2v) is 11.9. The average Bonchev–Trinajstić information content (AvgIpc) is 3.47. The van der Waals surface area contributed by atoms with Crippen LogP contribution in [0.4, 0.5) is 4.39 Å². The molecule has 0 bridgehead atoms. The lowest BCUT2D eigenvalue weighted by Crippen LogP contribution is -2.44. The minimum absolute atomic E-state index is 0.00764. The van der Waals surface area contributed by atoms with E-state index in [-0.39, 0.29) is 47.9 Å². The molecule has 5 aliphatic rings. The summed E-state index contributed by atoms with van der Waals surface area (Å²) in [6.45, 7) is 3.05. The minimum atomic E-state index is -0.514. The Hall–Kier alpha value is -1.41. The van der Waals surface area contributed by atoms with Crippen LogP contribution >= 0.6 is 0 Å². The summed E-state index contributed by atoms with van der Waals surface area (Å²) in [5.41, 5.74) is 0.705. The summed E-state index contributed by atoms with van der Waals surface area (Å²) in [7, 11) is 0. The molecule has 2 heterocycles. The van der Waals surface area contributed by atoms with Crippen molar-refractivity contribution in [2.75, 3.05) is 19.8 Å². The van der Waals surface area contributed by atoms with Gasteiger partial charge in [-0.25, -0.2) is 4.39 Å². The first-order chi connectivity index (χ1) is 18.6. The van der Waals surface area contributed by atoms with Crippen LogP contribution in [0.5, 0.6) is 0 Å². The van der Waals surface area contributed by atoms with Crippen molar-refractivity contribution in [2.24, 2.45) is 23.2 Å². The van der Waals surface area contributed by atoms with E-state index in [1.807, 2.05) is 0 Å². The van der Waals surface area contributed by atoms with Gasteiger partial charge in [-0.05, 0) is 88.0 Å². The van der Waals surface area contributed by atoms with Gasteiger partial charge in [-0.2, -0.15) is 0 Å². The first kappa shape index (κ1) is 28.1. The molecule has 0 aromatic rings. The van der Waals surface area contributed by atoms with Crippen molar-refractivity contribution in [3.05, 3.63) is 11.4 Å². The molecular formula is C32H45FO5. The van der Waals surface area contributed by atoms with Crippen LogP contribution in [0.1, 0.15) is 96.8 Å². The predicted octanol–water partition coefficient (Wildman–Crippen LogP) is 6.05. The van der Waals surface area contributed by atoms with E-state index < -0.39 is 6.61 Å². The van der Waals surface area contributed by atoms with Crippen molar-refractivity contribution in [3.8, 4) is 23.7 Å². The third-order valence-corrected chi connectivity index (χ3v) is 9.43. The lowest BCUT2D eigenvalue weighted by atomic mass is 9.63.